The molecule has 94 valence electrons. The molecular formula is C13H12BrClN2O. The Labute approximate surface area is 119 Å². The van der Waals surface area contributed by atoms with Crippen molar-refractivity contribution in [2.75, 3.05) is 12.4 Å². The van der Waals surface area contributed by atoms with Crippen LogP contribution >= 0.6 is 27.5 Å². The highest BCUT2D eigenvalue weighted by molar-refractivity contribution is 9.10. The molecule has 18 heavy (non-hydrogen) atoms. The second-order valence-corrected chi connectivity index (χ2v) is 4.87. The molecule has 0 aliphatic heterocycles. The number of hydrogen-bond donors (Lipinski definition) is 1. The van der Waals surface area contributed by atoms with E-state index in [0.29, 0.717) is 11.6 Å². The van der Waals surface area contributed by atoms with Crippen molar-refractivity contribution < 1.29 is 4.74 Å². The summed E-state index contributed by atoms with van der Waals surface area (Å²) in [6, 6.07) is 11.3. The van der Waals surface area contributed by atoms with Gasteiger partial charge in [-0.1, -0.05) is 17.7 Å². The third-order valence-electron chi connectivity index (χ3n) is 2.41. The molecule has 0 unspecified atom stereocenters. The van der Waals surface area contributed by atoms with E-state index in [2.05, 4.69) is 26.2 Å². The molecule has 0 fully saturated rings. The van der Waals surface area contributed by atoms with Crippen molar-refractivity contribution in [1.29, 1.82) is 0 Å². The monoisotopic (exact) mass is 326 g/mol. The molecule has 1 heterocycles. The number of rotatable bonds is 4. The fourth-order valence-corrected chi connectivity index (χ4v) is 2.07. The molecular weight excluding hydrogens is 316 g/mol. The van der Waals surface area contributed by atoms with E-state index >= 15 is 0 Å². The van der Waals surface area contributed by atoms with Gasteiger partial charge >= 0.3 is 0 Å². The van der Waals surface area contributed by atoms with Crippen LogP contribution in [0.2, 0.25) is 5.02 Å². The fourth-order valence-electron chi connectivity index (χ4n) is 1.50. The Morgan fingerprint density at radius 3 is 2.89 bits per heavy atom. The van der Waals surface area contributed by atoms with Gasteiger partial charge in [-0.05, 0) is 40.2 Å². The number of benzene rings is 1. The van der Waals surface area contributed by atoms with Crippen molar-refractivity contribution in [2.24, 2.45) is 0 Å². The van der Waals surface area contributed by atoms with Crippen molar-refractivity contribution in [3.05, 3.63) is 51.7 Å². The Bertz CT molecular complexity index is 548. The van der Waals surface area contributed by atoms with Gasteiger partial charge in [0.05, 0.1) is 30.1 Å². The normalized spacial score (nSPS) is 10.2. The minimum Gasteiger partial charge on any atom is -0.497 e. The molecule has 0 bridgehead atoms. The summed E-state index contributed by atoms with van der Waals surface area (Å²) in [6.07, 6.45) is 0. The molecule has 0 aliphatic carbocycles. The predicted octanol–water partition coefficient (Wildman–Crippen LogP) is 4.12. The van der Waals surface area contributed by atoms with Gasteiger partial charge in [-0.15, -0.1) is 0 Å². The van der Waals surface area contributed by atoms with Gasteiger partial charge in [0, 0.05) is 6.07 Å². The van der Waals surface area contributed by atoms with Crippen LogP contribution in [0.25, 0.3) is 0 Å². The van der Waals surface area contributed by atoms with Gasteiger partial charge in [-0.2, -0.15) is 0 Å². The summed E-state index contributed by atoms with van der Waals surface area (Å²) in [5.41, 5.74) is 1.76. The van der Waals surface area contributed by atoms with Crippen LogP contribution in [-0.2, 0) is 6.54 Å². The van der Waals surface area contributed by atoms with Crippen molar-refractivity contribution in [2.45, 2.75) is 6.54 Å². The third-order valence-corrected chi connectivity index (χ3v) is 3.18. The van der Waals surface area contributed by atoms with Crippen molar-refractivity contribution in [3.63, 3.8) is 0 Å². The number of anilines is 1. The van der Waals surface area contributed by atoms with Gasteiger partial charge in [0.25, 0.3) is 0 Å². The molecule has 2 aromatic rings. The molecule has 5 heteroatoms. The molecule has 0 amide bonds. The van der Waals surface area contributed by atoms with Crippen LogP contribution in [0.3, 0.4) is 0 Å². The predicted molar refractivity (Wildman–Crippen MR) is 77.3 cm³/mol. The number of halogens is 2. The Balaban J connectivity index is 2.10. The molecule has 0 radical (unpaired) electrons. The molecule has 0 saturated carbocycles. The van der Waals surface area contributed by atoms with Crippen molar-refractivity contribution in [1.82, 2.24) is 4.98 Å². The number of methoxy groups -OCH3 is 1. The van der Waals surface area contributed by atoms with Gasteiger partial charge in [-0.25, -0.2) is 4.98 Å². The molecule has 3 nitrogen and oxygen atoms in total. The van der Waals surface area contributed by atoms with Crippen LogP contribution in [0, 0.1) is 0 Å². The lowest BCUT2D eigenvalue weighted by atomic mass is 10.3. The molecule has 1 N–H and O–H groups in total. The second-order valence-electron chi connectivity index (χ2n) is 3.65. The lowest BCUT2D eigenvalue weighted by Crippen LogP contribution is -2.02. The Morgan fingerprint density at radius 2 is 2.17 bits per heavy atom. The van der Waals surface area contributed by atoms with Gasteiger partial charge in [0.15, 0.2) is 0 Å². The molecule has 0 spiro atoms. The summed E-state index contributed by atoms with van der Waals surface area (Å²) < 4.78 is 5.98. The maximum Gasteiger partial charge on any atom is 0.121 e. The first-order valence-corrected chi connectivity index (χ1v) is 6.55. The second kappa shape index (κ2) is 6.07. The van der Waals surface area contributed by atoms with Crippen LogP contribution in [0.5, 0.6) is 5.75 Å². The number of pyridine rings is 1. The average molecular weight is 328 g/mol. The van der Waals surface area contributed by atoms with E-state index in [0.717, 1.165) is 21.7 Å². The first kappa shape index (κ1) is 13.2. The van der Waals surface area contributed by atoms with E-state index in [1.807, 2.05) is 30.3 Å². The molecule has 0 atom stereocenters. The lowest BCUT2D eigenvalue weighted by Gasteiger charge is -2.09. The number of nitrogens with one attached hydrogen (secondary N) is 1. The Kier molecular flexibility index (Phi) is 4.44. The first-order chi connectivity index (χ1) is 8.69. The minimum absolute atomic E-state index is 0.603. The fraction of sp³-hybridized carbons (Fsp3) is 0.154. The third kappa shape index (κ3) is 3.37. The zero-order chi connectivity index (χ0) is 13.0. The van der Waals surface area contributed by atoms with E-state index in [1.54, 1.807) is 13.2 Å². The van der Waals surface area contributed by atoms with E-state index < -0.39 is 0 Å². The lowest BCUT2D eigenvalue weighted by molar-refractivity contribution is 0.415. The topological polar surface area (TPSA) is 34.1 Å². The quantitative estimate of drug-likeness (QED) is 0.858. The standard InChI is InChI=1S/C13H12BrClN2O/c1-18-10-5-6-11(15)12(7-10)16-8-9-3-2-4-13(14)17-9/h2-7,16H,8H2,1H3. The maximum atomic E-state index is 6.10. The Morgan fingerprint density at radius 1 is 1.33 bits per heavy atom. The highest BCUT2D eigenvalue weighted by Gasteiger charge is 2.03. The summed E-state index contributed by atoms with van der Waals surface area (Å²) in [5.74, 6) is 0.768. The van der Waals surface area contributed by atoms with Crippen LogP contribution in [0.15, 0.2) is 41.0 Å². The summed E-state index contributed by atoms with van der Waals surface area (Å²) in [4.78, 5) is 4.34. The number of hydrogen-bond acceptors (Lipinski definition) is 3. The van der Waals surface area contributed by atoms with Crippen LogP contribution in [-0.4, -0.2) is 12.1 Å². The van der Waals surface area contributed by atoms with Gasteiger partial charge in [0.1, 0.15) is 10.4 Å². The van der Waals surface area contributed by atoms with E-state index in [-0.39, 0.29) is 0 Å². The van der Waals surface area contributed by atoms with Crippen molar-refractivity contribution >= 4 is 33.2 Å². The highest BCUT2D eigenvalue weighted by atomic mass is 79.9. The SMILES string of the molecule is COc1ccc(Cl)c(NCc2cccc(Br)n2)c1. The largest absolute Gasteiger partial charge is 0.497 e. The molecule has 0 saturated heterocycles. The smallest absolute Gasteiger partial charge is 0.121 e. The van der Waals surface area contributed by atoms with Gasteiger partial charge in [0.2, 0.25) is 0 Å². The minimum atomic E-state index is 0.603. The van der Waals surface area contributed by atoms with Crippen molar-refractivity contribution in [3.8, 4) is 5.75 Å². The highest BCUT2D eigenvalue weighted by Crippen LogP contribution is 2.27. The van der Waals surface area contributed by atoms with Crippen LogP contribution in [0.1, 0.15) is 5.69 Å². The number of ether oxygens (including phenoxy) is 1. The molecule has 2 rings (SSSR count). The number of nitrogens with zero attached hydrogens (tertiary/aromatic N) is 1. The average Bonchev–Trinajstić information content (AvgIpc) is 2.38. The summed E-state index contributed by atoms with van der Waals surface area (Å²) >= 11 is 9.44. The summed E-state index contributed by atoms with van der Waals surface area (Å²) in [7, 11) is 1.63. The Hall–Kier alpha value is -1.26. The van der Waals surface area contributed by atoms with Crippen LogP contribution < -0.4 is 10.1 Å². The van der Waals surface area contributed by atoms with E-state index in [1.165, 1.54) is 0 Å². The zero-order valence-electron chi connectivity index (χ0n) is 9.78. The maximum absolute atomic E-state index is 6.10. The zero-order valence-corrected chi connectivity index (χ0v) is 12.1. The molecule has 0 aliphatic rings. The number of aromatic nitrogens is 1. The van der Waals surface area contributed by atoms with Gasteiger partial charge in [-0.3, -0.25) is 0 Å². The molecule has 1 aromatic heterocycles. The summed E-state index contributed by atoms with van der Waals surface area (Å²) in [5, 5.41) is 3.89. The van der Waals surface area contributed by atoms with E-state index in [4.69, 9.17) is 16.3 Å². The van der Waals surface area contributed by atoms with E-state index in [9.17, 15) is 0 Å². The van der Waals surface area contributed by atoms with Crippen LogP contribution in [0.4, 0.5) is 5.69 Å². The molecule has 1 aromatic carbocycles. The summed E-state index contributed by atoms with van der Waals surface area (Å²) in [6.45, 7) is 0.603. The first-order valence-electron chi connectivity index (χ1n) is 5.38. The van der Waals surface area contributed by atoms with Gasteiger partial charge < -0.3 is 10.1 Å².